The number of aromatic nitrogens is 3. The monoisotopic (exact) mass is 416 g/mol. The van der Waals surface area contributed by atoms with Gasteiger partial charge in [-0.25, -0.2) is 4.98 Å². The first-order valence-corrected chi connectivity index (χ1v) is 10.3. The summed E-state index contributed by atoms with van der Waals surface area (Å²) in [4.78, 5) is 29.2. The van der Waals surface area contributed by atoms with Crippen LogP contribution in [-0.4, -0.2) is 27.2 Å². The van der Waals surface area contributed by atoms with Crippen LogP contribution in [0.15, 0.2) is 70.2 Å². The van der Waals surface area contributed by atoms with Crippen LogP contribution < -0.4 is 10.9 Å². The Kier molecular flexibility index (Phi) is 6.21. The molecule has 7 nitrogen and oxygen atoms in total. The highest BCUT2D eigenvalue weighted by Crippen LogP contribution is 2.24. The molecule has 2 aromatic heterocycles. The summed E-state index contributed by atoms with van der Waals surface area (Å²) in [5, 5.41) is 6.94. The maximum Gasteiger partial charge on any atom is 0.299 e. The van der Waals surface area contributed by atoms with Crippen LogP contribution in [0.2, 0.25) is 0 Å². The Balaban J connectivity index is 1.34. The van der Waals surface area contributed by atoms with Crippen molar-refractivity contribution in [1.29, 1.82) is 0 Å². The number of hydrogen-bond donors (Lipinski definition) is 1. The molecule has 31 heavy (non-hydrogen) atoms. The zero-order chi connectivity index (χ0) is 21.6. The second-order valence-corrected chi connectivity index (χ2v) is 7.51. The van der Waals surface area contributed by atoms with Gasteiger partial charge in [0.1, 0.15) is 11.2 Å². The lowest BCUT2D eigenvalue weighted by atomic mass is 10.1. The zero-order valence-corrected chi connectivity index (χ0v) is 17.4. The van der Waals surface area contributed by atoms with E-state index in [0.29, 0.717) is 17.8 Å². The van der Waals surface area contributed by atoms with Crippen molar-refractivity contribution in [3.63, 3.8) is 0 Å². The molecular formula is C24H24N4O3. The van der Waals surface area contributed by atoms with Crippen LogP contribution in [0.5, 0.6) is 0 Å². The smallest absolute Gasteiger partial charge is 0.299 e. The van der Waals surface area contributed by atoms with Gasteiger partial charge in [-0.3, -0.25) is 14.2 Å². The zero-order valence-electron chi connectivity index (χ0n) is 17.4. The Labute approximate surface area is 179 Å². The molecule has 1 N–H and O–H groups in total. The van der Waals surface area contributed by atoms with Gasteiger partial charge in [0.05, 0.1) is 6.33 Å². The van der Waals surface area contributed by atoms with E-state index in [9.17, 15) is 9.59 Å². The predicted molar refractivity (Wildman–Crippen MR) is 119 cm³/mol. The molecule has 0 radical (unpaired) electrons. The van der Waals surface area contributed by atoms with Gasteiger partial charge in [-0.1, -0.05) is 65.3 Å². The Morgan fingerprint density at radius 3 is 2.65 bits per heavy atom. The molecule has 158 valence electrons. The summed E-state index contributed by atoms with van der Waals surface area (Å²) in [5.41, 5.74) is 3.94. The van der Waals surface area contributed by atoms with Crippen LogP contribution in [0.25, 0.3) is 22.4 Å². The Morgan fingerprint density at radius 1 is 1.10 bits per heavy atom. The van der Waals surface area contributed by atoms with E-state index in [1.807, 2.05) is 49.4 Å². The minimum Gasteiger partial charge on any atom is -0.356 e. The SMILES string of the molecule is Cc1ccc(-c2noc3c(=O)n(CCC(=O)NCCCc4ccccc4)cnc23)cc1. The molecular weight excluding hydrogens is 392 g/mol. The van der Waals surface area contributed by atoms with Gasteiger partial charge in [0, 0.05) is 25.1 Å². The largest absolute Gasteiger partial charge is 0.356 e. The van der Waals surface area contributed by atoms with Crippen LogP contribution in [0.3, 0.4) is 0 Å². The summed E-state index contributed by atoms with van der Waals surface area (Å²) in [6.45, 7) is 2.83. The number of benzene rings is 2. The van der Waals surface area contributed by atoms with Crippen LogP contribution in [0.4, 0.5) is 0 Å². The number of carbonyl (C=O) groups is 1. The van der Waals surface area contributed by atoms with Crippen LogP contribution in [0, 0.1) is 6.92 Å². The number of nitrogens with zero attached hydrogens (tertiary/aromatic N) is 3. The Hall–Kier alpha value is -3.74. The molecule has 0 unspecified atom stereocenters. The molecule has 1 amide bonds. The molecule has 0 aliphatic rings. The summed E-state index contributed by atoms with van der Waals surface area (Å²) in [5.74, 6) is -0.0991. The first kappa shape index (κ1) is 20.5. The first-order valence-electron chi connectivity index (χ1n) is 10.3. The second kappa shape index (κ2) is 9.38. The summed E-state index contributed by atoms with van der Waals surface area (Å²) in [7, 11) is 0. The number of rotatable bonds is 8. The number of amides is 1. The average molecular weight is 416 g/mol. The lowest BCUT2D eigenvalue weighted by Gasteiger charge is -2.07. The van der Waals surface area contributed by atoms with Crippen molar-refractivity contribution in [1.82, 2.24) is 20.0 Å². The van der Waals surface area contributed by atoms with E-state index in [2.05, 4.69) is 27.6 Å². The van der Waals surface area contributed by atoms with Gasteiger partial charge >= 0.3 is 0 Å². The third-order valence-corrected chi connectivity index (χ3v) is 5.16. The standard InChI is InChI=1S/C24H24N4O3/c1-17-9-11-19(12-10-17)21-22-23(31-27-21)24(30)28(16-26-22)15-13-20(29)25-14-5-8-18-6-3-2-4-7-18/h2-4,6-7,9-12,16H,5,8,13-15H2,1H3,(H,25,29). The van der Waals surface area contributed by atoms with Crippen LogP contribution in [-0.2, 0) is 17.8 Å². The van der Waals surface area contributed by atoms with Crippen molar-refractivity contribution in [2.45, 2.75) is 32.7 Å². The van der Waals surface area contributed by atoms with Crippen molar-refractivity contribution in [2.75, 3.05) is 6.54 Å². The van der Waals surface area contributed by atoms with E-state index in [-0.39, 0.29) is 30.0 Å². The molecule has 0 aliphatic heterocycles. The van der Waals surface area contributed by atoms with Gasteiger partial charge in [-0.15, -0.1) is 0 Å². The molecule has 7 heteroatoms. The minimum atomic E-state index is -0.340. The van der Waals surface area contributed by atoms with Crippen LogP contribution in [0.1, 0.15) is 24.0 Å². The topological polar surface area (TPSA) is 90.0 Å². The highest BCUT2D eigenvalue weighted by Gasteiger charge is 2.16. The number of nitrogens with one attached hydrogen (secondary N) is 1. The van der Waals surface area contributed by atoms with Crippen molar-refractivity contribution < 1.29 is 9.32 Å². The van der Waals surface area contributed by atoms with Crippen molar-refractivity contribution in [3.05, 3.63) is 82.4 Å². The molecule has 0 saturated carbocycles. The fourth-order valence-electron chi connectivity index (χ4n) is 3.39. The molecule has 2 heterocycles. The molecule has 0 aliphatic carbocycles. The quantitative estimate of drug-likeness (QED) is 0.444. The highest BCUT2D eigenvalue weighted by molar-refractivity contribution is 5.87. The lowest BCUT2D eigenvalue weighted by Crippen LogP contribution is -2.28. The van der Waals surface area contributed by atoms with Crippen LogP contribution >= 0.6 is 0 Å². The third kappa shape index (κ3) is 4.88. The number of hydrogen-bond acceptors (Lipinski definition) is 5. The number of fused-ring (bicyclic) bond motifs is 1. The normalized spacial score (nSPS) is 11.0. The maximum absolute atomic E-state index is 12.7. The molecule has 2 aromatic carbocycles. The van der Waals surface area contributed by atoms with Gasteiger partial charge in [-0.05, 0) is 25.3 Å². The molecule has 0 fully saturated rings. The second-order valence-electron chi connectivity index (χ2n) is 7.51. The fourth-order valence-corrected chi connectivity index (χ4v) is 3.39. The van der Waals surface area contributed by atoms with Gasteiger partial charge in [0.25, 0.3) is 11.1 Å². The Morgan fingerprint density at radius 2 is 1.87 bits per heavy atom. The number of carbonyl (C=O) groups excluding carboxylic acids is 1. The van der Waals surface area contributed by atoms with Gasteiger partial charge < -0.3 is 9.84 Å². The van der Waals surface area contributed by atoms with E-state index < -0.39 is 0 Å². The molecule has 0 atom stereocenters. The fraction of sp³-hybridized carbons (Fsp3) is 0.250. The van der Waals surface area contributed by atoms with Gasteiger partial charge in [0.15, 0.2) is 0 Å². The molecule has 4 aromatic rings. The predicted octanol–water partition coefficient (Wildman–Crippen LogP) is 3.50. The summed E-state index contributed by atoms with van der Waals surface area (Å²) in [6, 6.07) is 17.9. The van der Waals surface area contributed by atoms with Gasteiger partial charge in [-0.2, -0.15) is 0 Å². The van der Waals surface area contributed by atoms with Crippen molar-refractivity contribution in [2.24, 2.45) is 0 Å². The minimum absolute atomic E-state index is 0.0985. The summed E-state index contributed by atoms with van der Waals surface area (Å²) >= 11 is 0. The molecule has 0 saturated heterocycles. The van der Waals surface area contributed by atoms with E-state index >= 15 is 0 Å². The van der Waals surface area contributed by atoms with E-state index in [4.69, 9.17) is 4.52 Å². The molecule has 0 spiro atoms. The van der Waals surface area contributed by atoms with Crippen molar-refractivity contribution in [3.8, 4) is 11.3 Å². The summed E-state index contributed by atoms with van der Waals surface area (Å²) in [6.07, 6.45) is 3.42. The van der Waals surface area contributed by atoms with E-state index in [1.54, 1.807) is 0 Å². The summed E-state index contributed by atoms with van der Waals surface area (Å²) < 4.78 is 6.67. The molecule has 0 bridgehead atoms. The Bertz CT molecular complexity index is 1230. The maximum atomic E-state index is 12.7. The lowest BCUT2D eigenvalue weighted by molar-refractivity contribution is -0.121. The average Bonchev–Trinajstić information content (AvgIpc) is 3.22. The van der Waals surface area contributed by atoms with E-state index in [1.165, 1.54) is 16.5 Å². The highest BCUT2D eigenvalue weighted by atomic mass is 16.5. The van der Waals surface area contributed by atoms with E-state index in [0.717, 1.165) is 24.0 Å². The first-order chi connectivity index (χ1) is 15.1. The molecule has 4 rings (SSSR count). The number of aryl methyl sites for hydroxylation is 3. The van der Waals surface area contributed by atoms with Gasteiger partial charge in [0.2, 0.25) is 5.91 Å². The third-order valence-electron chi connectivity index (χ3n) is 5.16. The van der Waals surface area contributed by atoms with Crippen molar-refractivity contribution >= 4 is 17.0 Å².